The molecule has 0 aliphatic carbocycles. The second-order valence-electron chi connectivity index (χ2n) is 4.40. The highest BCUT2D eigenvalue weighted by molar-refractivity contribution is 7.17. The van der Waals surface area contributed by atoms with E-state index >= 15 is 0 Å². The van der Waals surface area contributed by atoms with Gasteiger partial charge in [-0.15, -0.1) is 11.3 Å². The molecule has 3 rings (SSSR count). The molecule has 0 saturated heterocycles. The van der Waals surface area contributed by atoms with Crippen molar-refractivity contribution in [3.05, 3.63) is 63.6 Å². The predicted molar refractivity (Wildman–Crippen MR) is 78.1 cm³/mol. The zero-order valence-corrected chi connectivity index (χ0v) is 11.6. The zero-order chi connectivity index (χ0) is 14.1. The van der Waals surface area contributed by atoms with Crippen LogP contribution in [0, 0.1) is 5.82 Å². The van der Waals surface area contributed by atoms with Gasteiger partial charge in [-0.05, 0) is 23.6 Å². The summed E-state index contributed by atoms with van der Waals surface area (Å²) in [6, 6.07) is 8.32. The Bertz CT molecular complexity index is 822. The van der Waals surface area contributed by atoms with E-state index in [1.54, 1.807) is 24.4 Å². The Morgan fingerprint density at radius 2 is 2.15 bits per heavy atom. The van der Waals surface area contributed by atoms with Gasteiger partial charge in [-0.2, -0.15) is 0 Å². The van der Waals surface area contributed by atoms with E-state index in [1.807, 2.05) is 11.4 Å². The molecule has 3 aromatic rings. The number of hydrogen-bond acceptors (Lipinski definition) is 3. The van der Waals surface area contributed by atoms with E-state index < -0.39 is 0 Å². The van der Waals surface area contributed by atoms with Crippen molar-refractivity contribution in [1.82, 2.24) is 4.57 Å². The normalized spacial score (nSPS) is 10.9. The lowest BCUT2D eigenvalue weighted by Crippen LogP contribution is -2.19. The molecule has 5 heteroatoms. The van der Waals surface area contributed by atoms with Crippen molar-refractivity contribution >= 4 is 21.4 Å². The van der Waals surface area contributed by atoms with Crippen LogP contribution in [0.3, 0.4) is 0 Å². The Morgan fingerprint density at radius 3 is 2.90 bits per heavy atom. The molecule has 2 heterocycles. The third-order valence-corrected chi connectivity index (χ3v) is 4.08. The van der Waals surface area contributed by atoms with Gasteiger partial charge in [0.25, 0.3) is 5.56 Å². The number of nitrogens with zero attached hydrogens (tertiary/aromatic N) is 1. The van der Waals surface area contributed by atoms with Crippen LogP contribution >= 0.6 is 11.3 Å². The number of aromatic nitrogens is 1. The third-order valence-electron chi connectivity index (χ3n) is 3.19. The minimum Gasteiger partial charge on any atom is -0.497 e. The molecule has 0 radical (unpaired) electrons. The number of pyridine rings is 1. The van der Waals surface area contributed by atoms with Gasteiger partial charge >= 0.3 is 0 Å². The molecule has 0 aliphatic heterocycles. The summed E-state index contributed by atoms with van der Waals surface area (Å²) in [7, 11) is 1.49. The van der Waals surface area contributed by atoms with Crippen LogP contribution in [0.1, 0.15) is 5.56 Å². The summed E-state index contributed by atoms with van der Waals surface area (Å²) in [5.74, 6) is 0.0912. The molecule has 0 amide bonds. The highest BCUT2D eigenvalue weighted by atomic mass is 32.1. The van der Waals surface area contributed by atoms with E-state index in [0.717, 1.165) is 4.70 Å². The summed E-state index contributed by atoms with van der Waals surface area (Å²) >= 11 is 1.52. The number of fused-ring (bicyclic) bond motifs is 1. The Hall–Kier alpha value is -2.14. The summed E-state index contributed by atoms with van der Waals surface area (Å²) < 4.78 is 21.3. The third kappa shape index (κ3) is 2.20. The van der Waals surface area contributed by atoms with Gasteiger partial charge < -0.3 is 9.30 Å². The number of halogens is 1. The molecule has 102 valence electrons. The Labute approximate surface area is 118 Å². The van der Waals surface area contributed by atoms with Crippen molar-refractivity contribution < 1.29 is 9.13 Å². The predicted octanol–water partition coefficient (Wildman–Crippen LogP) is 3.26. The van der Waals surface area contributed by atoms with E-state index in [4.69, 9.17) is 4.74 Å². The Kier molecular flexibility index (Phi) is 3.28. The molecule has 2 aromatic heterocycles. The van der Waals surface area contributed by atoms with Gasteiger partial charge in [-0.1, -0.05) is 6.07 Å². The topological polar surface area (TPSA) is 31.2 Å². The van der Waals surface area contributed by atoms with E-state index in [9.17, 15) is 9.18 Å². The van der Waals surface area contributed by atoms with Crippen molar-refractivity contribution in [3.63, 3.8) is 0 Å². The van der Waals surface area contributed by atoms with Crippen molar-refractivity contribution in [2.24, 2.45) is 0 Å². The average Bonchev–Trinajstić information content (AvgIpc) is 2.93. The van der Waals surface area contributed by atoms with Crippen LogP contribution < -0.4 is 10.3 Å². The van der Waals surface area contributed by atoms with Crippen LogP contribution in [0.5, 0.6) is 5.75 Å². The zero-order valence-electron chi connectivity index (χ0n) is 10.8. The van der Waals surface area contributed by atoms with Crippen LogP contribution in [0.25, 0.3) is 10.1 Å². The van der Waals surface area contributed by atoms with Gasteiger partial charge in [-0.3, -0.25) is 4.79 Å². The van der Waals surface area contributed by atoms with Gasteiger partial charge in [0.05, 0.1) is 19.0 Å². The highest BCUT2D eigenvalue weighted by Crippen LogP contribution is 2.19. The fourth-order valence-corrected chi connectivity index (χ4v) is 2.87. The molecule has 0 spiro atoms. The number of hydrogen-bond donors (Lipinski definition) is 0. The SMILES string of the molecule is COc1ccc(Cn2ccc3sccc3c2=O)c(F)c1. The maximum absolute atomic E-state index is 13.9. The molecule has 0 atom stereocenters. The largest absolute Gasteiger partial charge is 0.497 e. The van der Waals surface area contributed by atoms with Crippen LogP contribution in [0.15, 0.2) is 46.7 Å². The van der Waals surface area contributed by atoms with Crippen LogP contribution in [0.4, 0.5) is 4.39 Å². The van der Waals surface area contributed by atoms with E-state index in [2.05, 4.69) is 0 Å². The van der Waals surface area contributed by atoms with E-state index in [1.165, 1.54) is 29.1 Å². The summed E-state index contributed by atoms with van der Waals surface area (Å²) in [6.45, 7) is 0.209. The minimum absolute atomic E-state index is 0.0982. The van der Waals surface area contributed by atoms with Crippen molar-refractivity contribution in [3.8, 4) is 5.75 Å². The van der Waals surface area contributed by atoms with Gasteiger partial charge in [0.2, 0.25) is 0 Å². The quantitative estimate of drug-likeness (QED) is 0.741. The number of ether oxygens (including phenoxy) is 1. The molecular weight excluding hydrogens is 277 g/mol. The van der Waals surface area contributed by atoms with Crippen LogP contribution in [0.2, 0.25) is 0 Å². The lowest BCUT2D eigenvalue weighted by atomic mass is 10.2. The first kappa shape index (κ1) is 12.9. The fraction of sp³-hybridized carbons (Fsp3) is 0.133. The molecule has 0 unspecified atom stereocenters. The summed E-state index contributed by atoms with van der Waals surface area (Å²) in [4.78, 5) is 12.3. The molecule has 20 heavy (non-hydrogen) atoms. The highest BCUT2D eigenvalue weighted by Gasteiger charge is 2.08. The minimum atomic E-state index is -0.373. The molecule has 0 fully saturated rings. The number of rotatable bonds is 3. The maximum atomic E-state index is 13.9. The first-order chi connectivity index (χ1) is 9.69. The Morgan fingerprint density at radius 1 is 1.30 bits per heavy atom. The second kappa shape index (κ2) is 5.09. The van der Waals surface area contributed by atoms with Crippen LogP contribution in [-0.4, -0.2) is 11.7 Å². The lowest BCUT2D eigenvalue weighted by molar-refractivity contribution is 0.410. The summed E-state index contributed by atoms with van der Waals surface area (Å²) in [5.41, 5.74) is 0.362. The molecule has 0 N–H and O–H groups in total. The molecular formula is C15H12FNO2S. The molecule has 1 aromatic carbocycles. The van der Waals surface area contributed by atoms with Gasteiger partial charge in [-0.25, -0.2) is 4.39 Å². The number of methoxy groups -OCH3 is 1. The first-order valence-electron chi connectivity index (χ1n) is 6.08. The first-order valence-corrected chi connectivity index (χ1v) is 6.96. The van der Waals surface area contributed by atoms with Gasteiger partial charge in [0.15, 0.2) is 0 Å². The smallest absolute Gasteiger partial charge is 0.259 e. The fourth-order valence-electron chi connectivity index (χ4n) is 2.10. The van der Waals surface area contributed by atoms with Gasteiger partial charge in [0, 0.05) is 22.5 Å². The maximum Gasteiger partial charge on any atom is 0.259 e. The monoisotopic (exact) mass is 289 g/mol. The van der Waals surface area contributed by atoms with E-state index in [-0.39, 0.29) is 17.9 Å². The summed E-state index contributed by atoms with van der Waals surface area (Å²) in [6.07, 6.45) is 1.70. The van der Waals surface area contributed by atoms with Crippen LogP contribution in [-0.2, 0) is 6.54 Å². The Balaban J connectivity index is 2.01. The van der Waals surface area contributed by atoms with Crippen molar-refractivity contribution in [2.75, 3.05) is 7.11 Å². The number of benzene rings is 1. The van der Waals surface area contributed by atoms with Crippen molar-refractivity contribution in [2.45, 2.75) is 6.54 Å². The molecule has 0 saturated carbocycles. The second-order valence-corrected chi connectivity index (χ2v) is 5.35. The standard InChI is InChI=1S/C15H12FNO2S/c1-19-11-3-2-10(13(16)8-11)9-17-6-4-14-12(15(17)18)5-7-20-14/h2-8H,9H2,1H3. The lowest BCUT2D eigenvalue weighted by Gasteiger charge is -2.08. The molecule has 3 nitrogen and oxygen atoms in total. The number of thiophene rings is 1. The van der Waals surface area contributed by atoms with Crippen molar-refractivity contribution in [1.29, 1.82) is 0 Å². The van der Waals surface area contributed by atoms with E-state index in [0.29, 0.717) is 16.7 Å². The summed E-state index contributed by atoms with van der Waals surface area (Å²) in [5, 5.41) is 2.55. The van der Waals surface area contributed by atoms with Gasteiger partial charge in [0.1, 0.15) is 11.6 Å². The molecule has 0 aliphatic rings. The average molecular weight is 289 g/mol. The molecule has 0 bridgehead atoms.